The maximum atomic E-state index is 4.99. The highest BCUT2D eigenvalue weighted by molar-refractivity contribution is 5.41. The first-order valence-corrected chi connectivity index (χ1v) is 6.20. The smallest absolute Gasteiger partial charge is 0.0635 e. The van der Waals surface area contributed by atoms with Crippen molar-refractivity contribution < 1.29 is 4.74 Å². The van der Waals surface area contributed by atoms with Crippen molar-refractivity contribution in [3.8, 4) is 0 Å². The molecule has 1 N–H and O–H groups in total. The van der Waals surface area contributed by atoms with Gasteiger partial charge in [-0.15, -0.1) is 0 Å². The summed E-state index contributed by atoms with van der Waals surface area (Å²) in [5, 5.41) is 3.27. The molecule has 2 heterocycles. The highest BCUT2D eigenvalue weighted by Crippen LogP contribution is 2.29. The standard InChI is InChI=1S/C13H21N3O/c1-16-8-3-4-13(16)12-6-5-11(10-15-12)14-7-9-17-2/h5-6,10,13-14H,3-4,7-9H2,1-2H3/t13-/m1/s1. The molecule has 1 aliphatic rings. The van der Waals surface area contributed by atoms with E-state index in [4.69, 9.17) is 4.74 Å². The van der Waals surface area contributed by atoms with Crippen molar-refractivity contribution in [2.45, 2.75) is 18.9 Å². The van der Waals surface area contributed by atoms with E-state index in [9.17, 15) is 0 Å². The first-order chi connectivity index (χ1) is 8.31. The van der Waals surface area contributed by atoms with E-state index in [-0.39, 0.29) is 0 Å². The first-order valence-electron chi connectivity index (χ1n) is 6.20. The largest absolute Gasteiger partial charge is 0.383 e. The second kappa shape index (κ2) is 5.98. The van der Waals surface area contributed by atoms with Crippen molar-refractivity contribution in [3.63, 3.8) is 0 Å². The molecule has 0 unspecified atom stereocenters. The second-order valence-electron chi connectivity index (χ2n) is 4.53. The highest BCUT2D eigenvalue weighted by atomic mass is 16.5. The lowest BCUT2D eigenvalue weighted by atomic mass is 10.1. The third-order valence-electron chi connectivity index (χ3n) is 3.28. The minimum Gasteiger partial charge on any atom is -0.383 e. The summed E-state index contributed by atoms with van der Waals surface area (Å²) in [6.45, 7) is 2.72. The number of hydrogen-bond acceptors (Lipinski definition) is 4. The van der Waals surface area contributed by atoms with Gasteiger partial charge in [-0.05, 0) is 38.6 Å². The summed E-state index contributed by atoms with van der Waals surface area (Å²) in [5.41, 5.74) is 2.24. The van der Waals surface area contributed by atoms with Crippen molar-refractivity contribution in [1.29, 1.82) is 0 Å². The van der Waals surface area contributed by atoms with Crippen molar-refractivity contribution in [2.24, 2.45) is 0 Å². The summed E-state index contributed by atoms with van der Waals surface area (Å²) in [7, 11) is 3.88. The van der Waals surface area contributed by atoms with Gasteiger partial charge in [0.25, 0.3) is 0 Å². The van der Waals surface area contributed by atoms with E-state index in [0.717, 1.165) is 12.2 Å². The minimum absolute atomic E-state index is 0.503. The molecule has 1 atom stereocenters. The first kappa shape index (κ1) is 12.3. The SMILES string of the molecule is COCCNc1ccc([C@H]2CCCN2C)nc1. The normalized spacial score (nSPS) is 20.7. The summed E-state index contributed by atoms with van der Waals surface area (Å²) >= 11 is 0. The van der Waals surface area contributed by atoms with E-state index < -0.39 is 0 Å². The Bertz CT molecular complexity index is 339. The topological polar surface area (TPSA) is 37.4 Å². The van der Waals surface area contributed by atoms with Gasteiger partial charge in [0, 0.05) is 13.7 Å². The maximum Gasteiger partial charge on any atom is 0.0635 e. The molecule has 1 aromatic heterocycles. The van der Waals surface area contributed by atoms with Crippen LogP contribution in [0.25, 0.3) is 0 Å². The zero-order chi connectivity index (χ0) is 12.1. The molecule has 94 valence electrons. The molecule has 0 saturated carbocycles. The number of pyridine rings is 1. The molecule has 1 aliphatic heterocycles. The number of hydrogen-bond donors (Lipinski definition) is 1. The Hall–Kier alpha value is -1.13. The average molecular weight is 235 g/mol. The number of ether oxygens (including phenoxy) is 1. The fourth-order valence-corrected chi connectivity index (χ4v) is 2.29. The van der Waals surface area contributed by atoms with Crippen LogP contribution in [0.5, 0.6) is 0 Å². The highest BCUT2D eigenvalue weighted by Gasteiger charge is 2.23. The number of methoxy groups -OCH3 is 1. The van der Waals surface area contributed by atoms with E-state index in [2.05, 4.69) is 34.4 Å². The predicted octanol–water partition coefficient (Wildman–Crippen LogP) is 1.91. The molecule has 1 saturated heterocycles. The molecule has 0 bridgehead atoms. The second-order valence-corrected chi connectivity index (χ2v) is 4.53. The Morgan fingerprint density at radius 1 is 1.53 bits per heavy atom. The van der Waals surface area contributed by atoms with Crippen LogP contribution in [0.3, 0.4) is 0 Å². The van der Waals surface area contributed by atoms with Crippen LogP contribution in [-0.2, 0) is 4.74 Å². The van der Waals surface area contributed by atoms with Crippen LogP contribution in [0.4, 0.5) is 5.69 Å². The zero-order valence-corrected chi connectivity index (χ0v) is 10.6. The molecule has 2 rings (SSSR count). The Labute approximate surface area is 103 Å². The molecule has 1 aromatic rings. The molecule has 0 aromatic carbocycles. The zero-order valence-electron chi connectivity index (χ0n) is 10.6. The van der Waals surface area contributed by atoms with Gasteiger partial charge in [0.2, 0.25) is 0 Å². The van der Waals surface area contributed by atoms with Gasteiger partial charge in [-0.25, -0.2) is 0 Å². The molecular formula is C13H21N3O. The molecule has 0 radical (unpaired) electrons. The maximum absolute atomic E-state index is 4.99. The van der Waals surface area contributed by atoms with Crippen molar-refractivity contribution in [2.75, 3.05) is 39.2 Å². The quantitative estimate of drug-likeness (QED) is 0.791. The summed E-state index contributed by atoms with van der Waals surface area (Å²) < 4.78 is 4.99. The molecule has 4 nitrogen and oxygen atoms in total. The molecule has 0 amide bonds. The Morgan fingerprint density at radius 3 is 3.00 bits per heavy atom. The van der Waals surface area contributed by atoms with Gasteiger partial charge in [0.15, 0.2) is 0 Å². The fraction of sp³-hybridized carbons (Fsp3) is 0.615. The molecule has 0 spiro atoms. The molecule has 0 aliphatic carbocycles. The molecule has 17 heavy (non-hydrogen) atoms. The van der Waals surface area contributed by atoms with E-state index in [1.165, 1.54) is 25.1 Å². The third-order valence-corrected chi connectivity index (χ3v) is 3.28. The van der Waals surface area contributed by atoms with E-state index >= 15 is 0 Å². The Morgan fingerprint density at radius 2 is 2.41 bits per heavy atom. The lowest BCUT2D eigenvalue weighted by Gasteiger charge is -2.18. The summed E-state index contributed by atoms with van der Waals surface area (Å²) in [4.78, 5) is 6.92. The summed E-state index contributed by atoms with van der Waals surface area (Å²) in [6, 6.07) is 4.73. The number of aromatic nitrogens is 1. The summed E-state index contributed by atoms with van der Waals surface area (Å²) in [5.74, 6) is 0. The van der Waals surface area contributed by atoms with E-state index in [0.29, 0.717) is 12.6 Å². The third kappa shape index (κ3) is 3.17. The van der Waals surface area contributed by atoms with Crippen molar-refractivity contribution >= 4 is 5.69 Å². The van der Waals surface area contributed by atoms with E-state index in [1.54, 1.807) is 7.11 Å². The number of anilines is 1. The Kier molecular flexibility index (Phi) is 4.34. The number of nitrogens with zero attached hydrogens (tertiary/aromatic N) is 2. The molecule has 4 heteroatoms. The van der Waals surface area contributed by atoms with Gasteiger partial charge >= 0.3 is 0 Å². The van der Waals surface area contributed by atoms with Crippen LogP contribution < -0.4 is 5.32 Å². The van der Waals surface area contributed by atoms with Crippen LogP contribution in [0.15, 0.2) is 18.3 Å². The van der Waals surface area contributed by atoms with Gasteiger partial charge < -0.3 is 10.1 Å². The number of likely N-dealkylation sites (tertiary alicyclic amines) is 1. The van der Waals surface area contributed by atoms with Gasteiger partial charge in [-0.3, -0.25) is 9.88 Å². The van der Waals surface area contributed by atoms with Gasteiger partial charge in [-0.1, -0.05) is 0 Å². The van der Waals surface area contributed by atoms with Crippen LogP contribution in [0.2, 0.25) is 0 Å². The van der Waals surface area contributed by atoms with Gasteiger partial charge in [-0.2, -0.15) is 0 Å². The van der Waals surface area contributed by atoms with Crippen LogP contribution >= 0.6 is 0 Å². The van der Waals surface area contributed by atoms with Crippen LogP contribution in [0.1, 0.15) is 24.6 Å². The van der Waals surface area contributed by atoms with Crippen molar-refractivity contribution in [1.82, 2.24) is 9.88 Å². The Balaban J connectivity index is 1.93. The minimum atomic E-state index is 0.503. The lowest BCUT2D eigenvalue weighted by molar-refractivity contribution is 0.211. The predicted molar refractivity (Wildman–Crippen MR) is 69.2 cm³/mol. The van der Waals surface area contributed by atoms with Crippen molar-refractivity contribution in [3.05, 3.63) is 24.0 Å². The van der Waals surface area contributed by atoms with Crippen LogP contribution in [-0.4, -0.2) is 43.7 Å². The van der Waals surface area contributed by atoms with Gasteiger partial charge in [0.05, 0.1) is 30.2 Å². The molecular weight excluding hydrogens is 214 g/mol. The molecule has 1 fully saturated rings. The number of nitrogens with one attached hydrogen (secondary N) is 1. The summed E-state index contributed by atoms with van der Waals surface area (Å²) in [6.07, 6.45) is 4.41. The lowest BCUT2D eigenvalue weighted by Crippen LogP contribution is -2.18. The monoisotopic (exact) mass is 235 g/mol. The van der Waals surface area contributed by atoms with Crippen LogP contribution in [0, 0.1) is 0 Å². The van der Waals surface area contributed by atoms with Gasteiger partial charge in [0.1, 0.15) is 0 Å². The van der Waals surface area contributed by atoms with E-state index in [1.807, 2.05) is 6.20 Å². The fourth-order valence-electron chi connectivity index (χ4n) is 2.29. The average Bonchev–Trinajstić information content (AvgIpc) is 2.77. The number of rotatable bonds is 5.